The third-order valence-corrected chi connectivity index (χ3v) is 5.25. The number of hydrogen-bond acceptors (Lipinski definition) is 6. The first-order valence-electron chi connectivity index (χ1n) is 6.31. The van der Waals surface area contributed by atoms with Crippen LogP contribution in [0.1, 0.15) is 18.7 Å². The van der Waals surface area contributed by atoms with Gasteiger partial charge in [-0.15, -0.1) is 0 Å². The van der Waals surface area contributed by atoms with Gasteiger partial charge in [-0.25, -0.2) is 17.1 Å². The number of aromatic nitrogens is 2. The molecular formula is C12H14FN3O4S. The fourth-order valence-electron chi connectivity index (χ4n) is 1.87. The van der Waals surface area contributed by atoms with Gasteiger partial charge >= 0.3 is 0 Å². The first kappa shape index (κ1) is 14.2. The van der Waals surface area contributed by atoms with Gasteiger partial charge in [-0.05, 0) is 12.8 Å². The van der Waals surface area contributed by atoms with Crippen molar-refractivity contribution < 1.29 is 21.7 Å². The van der Waals surface area contributed by atoms with Gasteiger partial charge in [-0.2, -0.15) is 4.98 Å². The molecule has 0 aromatic carbocycles. The van der Waals surface area contributed by atoms with Crippen LogP contribution in [0, 0.1) is 0 Å². The smallest absolute Gasteiger partial charge is 0.275 e. The molecule has 7 nitrogen and oxygen atoms in total. The van der Waals surface area contributed by atoms with E-state index in [2.05, 4.69) is 10.1 Å². The van der Waals surface area contributed by atoms with Gasteiger partial charge in [0.1, 0.15) is 12.9 Å². The van der Waals surface area contributed by atoms with Gasteiger partial charge in [-0.3, -0.25) is 0 Å². The predicted molar refractivity (Wildman–Crippen MR) is 69.8 cm³/mol. The van der Waals surface area contributed by atoms with Crippen molar-refractivity contribution in [2.45, 2.75) is 23.3 Å². The average Bonchev–Trinajstić information content (AvgIpc) is 2.90. The van der Waals surface area contributed by atoms with Crippen molar-refractivity contribution in [3.63, 3.8) is 0 Å². The van der Waals surface area contributed by atoms with Crippen LogP contribution >= 0.6 is 0 Å². The Kier molecular flexibility index (Phi) is 3.14. The Labute approximate surface area is 120 Å². The highest BCUT2D eigenvalue weighted by molar-refractivity contribution is 7.88. The molecule has 0 aliphatic heterocycles. The van der Waals surface area contributed by atoms with Crippen molar-refractivity contribution in [1.82, 2.24) is 14.4 Å². The number of halogens is 1. The van der Waals surface area contributed by atoms with E-state index in [1.807, 2.05) is 0 Å². The molecule has 0 N–H and O–H groups in total. The summed E-state index contributed by atoms with van der Waals surface area (Å²) in [5.74, 6) is 0.437. The van der Waals surface area contributed by atoms with Crippen LogP contribution in [0.3, 0.4) is 0 Å². The Morgan fingerprint density at radius 2 is 2.14 bits per heavy atom. The van der Waals surface area contributed by atoms with Gasteiger partial charge in [0.15, 0.2) is 5.82 Å². The zero-order valence-electron chi connectivity index (χ0n) is 11.5. The standard InChI is InChI=1S/C12H14FN3O4S/c1-16(2)21(17,18)9-5-8(6-19-9)10-14-11(15-20-10)12(7-13)3-4-12/h5-6H,3-4,7H2,1-2H3. The van der Waals surface area contributed by atoms with Crippen LogP contribution in [0.2, 0.25) is 0 Å². The van der Waals surface area contributed by atoms with Gasteiger partial charge in [0.25, 0.3) is 15.9 Å². The molecule has 0 spiro atoms. The molecule has 2 aromatic rings. The fraction of sp³-hybridized carbons (Fsp3) is 0.500. The van der Waals surface area contributed by atoms with E-state index in [0.29, 0.717) is 24.2 Å². The highest BCUT2D eigenvalue weighted by Crippen LogP contribution is 2.47. The van der Waals surface area contributed by atoms with Crippen LogP contribution in [0.4, 0.5) is 4.39 Å². The minimum Gasteiger partial charge on any atom is -0.451 e. The number of alkyl halides is 1. The lowest BCUT2D eigenvalue weighted by molar-refractivity contribution is 0.374. The van der Waals surface area contributed by atoms with Crippen LogP contribution < -0.4 is 0 Å². The van der Waals surface area contributed by atoms with Gasteiger partial charge in [0.05, 0.1) is 11.0 Å². The molecular weight excluding hydrogens is 301 g/mol. The molecule has 3 rings (SSSR count). The molecule has 1 saturated carbocycles. The number of hydrogen-bond donors (Lipinski definition) is 0. The van der Waals surface area contributed by atoms with E-state index in [9.17, 15) is 12.8 Å². The molecule has 0 saturated heterocycles. The summed E-state index contributed by atoms with van der Waals surface area (Å²) in [7, 11) is -0.855. The first-order chi connectivity index (χ1) is 9.89. The maximum absolute atomic E-state index is 13.0. The highest BCUT2D eigenvalue weighted by atomic mass is 32.2. The van der Waals surface area contributed by atoms with E-state index < -0.39 is 22.1 Å². The van der Waals surface area contributed by atoms with E-state index in [0.717, 1.165) is 4.31 Å². The number of furan rings is 1. The van der Waals surface area contributed by atoms with E-state index in [1.54, 1.807) is 0 Å². The second-order valence-corrected chi connectivity index (χ2v) is 7.36. The Morgan fingerprint density at radius 3 is 2.71 bits per heavy atom. The largest absolute Gasteiger partial charge is 0.451 e. The van der Waals surface area contributed by atoms with E-state index in [4.69, 9.17) is 8.94 Å². The molecule has 114 valence electrons. The van der Waals surface area contributed by atoms with Crippen molar-refractivity contribution >= 4 is 10.0 Å². The topological polar surface area (TPSA) is 89.4 Å². The Bertz CT molecular complexity index is 761. The second kappa shape index (κ2) is 4.63. The van der Waals surface area contributed by atoms with Crippen molar-refractivity contribution in [2.24, 2.45) is 0 Å². The van der Waals surface area contributed by atoms with Gasteiger partial charge in [0.2, 0.25) is 5.09 Å². The molecule has 0 bridgehead atoms. The maximum atomic E-state index is 13.0. The minimum atomic E-state index is -3.66. The summed E-state index contributed by atoms with van der Waals surface area (Å²) in [6.45, 7) is -0.530. The van der Waals surface area contributed by atoms with Gasteiger partial charge in [0, 0.05) is 20.2 Å². The molecule has 9 heteroatoms. The molecule has 0 radical (unpaired) electrons. The van der Waals surface area contributed by atoms with Crippen molar-refractivity contribution in [3.05, 3.63) is 18.2 Å². The Morgan fingerprint density at radius 1 is 1.43 bits per heavy atom. The number of sulfonamides is 1. The summed E-state index contributed by atoms with van der Waals surface area (Å²) >= 11 is 0. The molecule has 2 heterocycles. The Balaban J connectivity index is 1.91. The summed E-state index contributed by atoms with van der Waals surface area (Å²) in [5, 5.41) is 3.56. The lowest BCUT2D eigenvalue weighted by atomic mass is 10.1. The molecule has 1 fully saturated rings. The lowest BCUT2D eigenvalue weighted by Crippen LogP contribution is -2.21. The summed E-state index contributed by atoms with van der Waals surface area (Å²) in [5.41, 5.74) is -0.270. The molecule has 2 aromatic heterocycles. The SMILES string of the molecule is CN(C)S(=O)(=O)c1cc(-c2nc(C3(CF)CC3)no2)co1. The summed E-state index contributed by atoms with van der Waals surface area (Å²) in [4.78, 5) is 4.14. The molecule has 21 heavy (non-hydrogen) atoms. The average molecular weight is 315 g/mol. The third kappa shape index (κ3) is 2.26. The fourth-order valence-corrected chi connectivity index (χ4v) is 2.67. The summed E-state index contributed by atoms with van der Waals surface area (Å²) in [6, 6.07) is 1.31. The number of nitrogens with zero attached hydrogens (tertiary/aromatic N) is 3. The molecule has 0 amide bonds. The summed E-state index contributed by atoms with van der Waals surface area (Å²) in [6.07, 6.45) is 2.60. The molecule has 1 aliphatic carbocycles. The maximum Gasteiger partial charge on any atom is 0.275 e. The minimum absolute atomic E-state index is 0.119. The van der Waals surface area contributed by atoms with Crippen LogP contribution in [0.5, 0.6) is 0 Å². The van der Waals surface area contributed by atoms with Crippen LogP contribution in [-0.2, 0) is 15.4 Å². The summed E-state index contributed by atoms with van der Waals surface area (Å²) < 4.78 is 47.9. The van der Waals surface area contributed by atoms with Crippen molar-refractivity contribution in [1.29, 1.82) is 0 Å². The predicted octanol–water partition coefficient (Wildman–Crippen LogP) is 1.58. The molecule has 0 unspecified atom stereocenters. The van der Waals surface area contributed by atoms with E-state index in [1.165, 1.54) is 26.4 Å². The highest BCUT2D eigenvalue weighted by Gasteiger charge is 2.49. The van der Waals surface area contributed by atoms with Gasteiger partial charge < -0.3 is 8.94 Å². The van der Waals surface area contributed by atoms with Crippen LogP contribution in [0.25, 0.3) is 11.5 Å². The number of rotatable bonds is 5. The lowest BCUT2D eigenvalue weighted by Gasteiger charge is -2.07. The quantitative estimate of drug-likeness (QED) is 0.832. The molecule has 0 atom stereocenters. The van der Waals surface area contributed by atoms with E-state index in [-0.39, 0.29) is 11.0 Å². The molecule has 1 aliphatic rings. The monoisotopic (exact) mass is 315 g/mol. The Hall–Kier alpha value is -1.74. The third-order valence-electron chi connectivity index (χ3n) is 3.57. The second-order valence-electron chi connectivity index (χ2n) is 5.28. The van der Waals surface area contributed by atoms with Crippen LogP contribution in [0.15, 0.2) is 26.4 Å². The normalized spacial score (nSPS) is 17.3. The van der Waals surface area contributed by atoms with Crippen LogP contribution in [-0.4, -0.2) is 43.6 Å². The van der Waals surface area contributed by atoms with Crippen molar-refractivity contribution in [3.8, 4) is 11.5 Å². The van der Waals surface area contributed by atoms with Crippen molar-refractivity contribution in [2.75, 3.05) is 20.8 Å². The zero-order valence-corrected chi connectivity index (χ0v) is 12.4. The zero-order chi connectivity index (χ0) is 15.3. The van der Waals surface area contributed by atoms with Gasteiger partial charge in [-0.1, -0.05) is 5.16 Å². The van der Waals surface area contributed by atoms with E-state index >= 15 is 0 Å². The first-order valence-corrected chi connectivity index (χ1v) is 7.75.